The molecule has 0 saturated carbocycles. The van der Waals surface area contributed by atoms with E-state index in [1.165, 1.54) is 32.4 Å². The molecule has 1 aliphatic heterocycles. The summed E-state index contributed by atoms with van der Waals surface area (Å²) in [7, 11) is 0. The van der Waals surface area contributed by atoms with E-state index in [0.717, 1.165) is 63.8 Å². The van der Waals surface area contributed by atoms with Crippen molar-refractivity contribution in [2.75, 3.05) is 45.9 Å². The second-order valence-electron chi connectivity index (χ2n) is 7.20. The molecule has 1 saturated heterocycles. The number of guanidine groups is 1. The van der Waals surface area contributed by atoms with Gasteiger partial charge in [0.05, 0.1) is 6.26 Å². The van der Waals surface area contributed by atoms with E-state index in [0.29, 0.717) is 6.04 Å². The molecule has 6 nitrogen and oxygen atoms in total. The van der Waals surface area contributed by atoms with Crippen LogP contribution >= 0.6 is 0 Å². The first-order valence-corrected chi connectivity index (χ1v) is 10.7. The second kappa shape index (κ2) is 13.6. The summed E-state index contributed by atoms with van der Waals surface area (Å²) in [6, 6.07) is 4.56. The maximum absolute atomic E-state index is 5.40. The van der Waals surface area contributed by atoms with Crippen molar-refractivity contribution in [3.8, 4) is 0 Å². The number of nitrogens with one attached hydrogen (secondary N) is 2. The van der Waals surface area contributed by atoms with Crippen molar-refractivity contribution in [1.82, 2.24) is 15.5 Å². The number of ether oxygens (including phenoxy) is 1. The van der Waals surface area contributed by atoms with Gasteiger partial charge in [0.2, 0.25) is 0 Å². The molecule has 27 heavy (non-hydrogen) atoms. The highest BCUT2D eigenvalue weighted by atomic mass is 16.5. The molecule has 1 aromatic heterocycles. The number of likely N-dealkylation sites (tertiary alicyclic amines) is 1. The molecule has 2 heterocycles. The molecule has 1 fully saturated rings. The highest BCUT2D eigenvalue weighted by Crippen LogP contribution is 2.13. The minimum Gasteiger partial charge on any atom is -0.469 e. The van der Waals surface area contributed by atoms with Crippen LogP contribution in [-0.4, -0.2) is 62.8 Å². The van der Waals surface area contributed by atoms with Gasteiger partial charge in [-0.15, -0.1) is 0 Å². The predicted octanol–water partition coefficient (Wildman–Crippen LogP) is 3.05. The number of hydrogen-bond donors (Lipinski definition) is 2. The third kappa shape index (κ3) is 9.29. The lowest BCUT2D eigenvalue weighted by Gasteiger charge is -2.32. The monoisotopic (exact) mass is 378 g/mol. The molecule has 0 spiro atoms. The number of piperidine rings is 1. The van der Waals surface area contributed by atoms with E-state index in [1.54, 1.807) is 6.26 Å². The number of furan rings is 1. The minimum absolute atomic E-state index is 0.625. The van der Waals surface area contributed by atoms with Crippen molar-refractivity contribution >= 4 is 5.96 Å². The van der Waals surface area contributed by atoms with Crippen LogP contribution in [0.2, 0.25) is 0 Å². The largest absolute Gasteiger partial charge is 0.469 e. The van der Waals surface area contributed by atoms with Crippen molar-refractivity contribution in [2.24, 2.45) is 4.99 Å². The number of nitrogens with zero attached hydrogens (tertiary/aromatic N) is 2. The Balaban J connectivity index is 1.70. The van der Waals surface area contributed by atoms with Crippen molar-refractivity contribution in [1.29, 1.82) is 0 Å². The quantitative estimate of drug-likeness (QED) is 0.333. The van der Waals surface area contributed by atoms with Crippen LogP contribution < -0.4 is 10.6 Å². The first-order valence-electron chi connectivity index (χ1n) is 10.7. The van der Waals surface area contributed by atoms with Gasteiger partial charge in [-0.1, -0.05) is 6.42 Å². The third-order valence-corrected chi connectivity index (χ3v) is 5.03. The van der Waals surface area contributed by atoms with Gasteiger partial charge in [-0.25, -0.2) is 0 Å². The van der Waals surface area contributed by atoms with Gasteiger partial charge in [0.25, 0.3) is 0 Å². The van der Waals surface area contributed by atoms with E-state index in [-0.39, 0.29) is 0 Å². The molecule has 0 aromatic carbocycles. The highest BCUT2D eigenvalue weighted by molar-refractivity contribution is 5.79. The lowest BCUT2D eigenvalue weighted by molar-refractivity contribution is 0.146. The summed E-state index contributed by atoms with van der Waals surface area (Å²) in [5.41, 5.74) is 0. The van der Waals surface area contributed by atoms with Crippen LogP contribution in [0.5, 0.6) is 0 Å². The van der Waals surface area contributed by atoms with E-state index < -0.39 is 0 Å². The lowest BCUT2D eigenvalue weighted by atomic mass is 10.1. The standard InChI is InChI=1S/C21H38N4O2/c1-3-26-17-8-12-22-21(24-14-11-20-9-7-18-27-20)23-13-10-19(2)25-15-5-4-6-16-25/h7,9,18-19H,3-6,8,10-17H2,1-2H3,(H2,22,23,24). The van der Waals surface area contributed by atoms with Crippen LogP contribution in [0, 0.1) is 0 Å². The molecule has 1 atom stereocenters. The zero-order chi connectivity index (χ0) is 19.2. The Hall–Kier alpha value is -1.53. The van der Waals surface area contributed by atoms with E-state index in [9.17, 15) is 0 Å². The molecular formula is C21H38N4O2. The fraction of sp³-hybridized carbons (Fsp3) is 0.762. The molecular weight excluding hydrogens is 340 g/mol. The zero-order valence-electron chi connectivity index (χ0n) is 17.2. The van der Waals surface area contributed by atoms with E-state index in [2.05, 4.69) is 22.5 Å². The summed E-state index contributed by atoms with van der Waals surface area (Å²) in [6.45, 7) is 10.9. The minimum atomic E-state index is 0.625. The van der Waals surface area contributed by atoms with Gasteiger partial charge in [0.15, 0.2) is 5.96 Å². The topological polar surface area (TPSA) is 62.0 Å². The van der Waals surface area contributed by atoms with Crippen LogP contribution in [0.3, 0.4) is 0 Å². The smallest absolute Gasteiger partial charge is 0.191 e. The number of rotatable bonds is 12. The Bertz CT molecular complexity index is 498. The van der Waals surface area contributed by atoms with Gasteiger partial charge >= 0.3 is 0 Å². The van der Waals surface area contributed by atoms with E-state index >= 15 is 0 Å². The van der Waals surface area contributed by atoms with Crippen LogP contribution in [0.15, 0.2) is 27.8 Å². The van der Waals surface area contributed by atoms with Gasteiger partial charge in [-0.05, 0) is 64.8 Å². The average molecular weight is 379 g/mol. The fourth-order valence-corrected chi connectivity index (χ4v) is 3.38. The molecule has 0 aliphatic carbocycles. The molecule has 0 radical (unpaired) electrons. The first kappa shape index (κ1) is 21.8. The van der Waals surface area contributed by atoms with Crippen molar-refractivity contribution in [3.05, 3.63) is 24.2 Å². The molecule has 1 unspecified atom stereocenters. The molecule has 0 bridgehead atoms. The van der Waals surface area contributed by atoms with Crippen molar-refractivity contribution in [2.45, 2.75) is 58.4 Å². The van der Waals surface area contributed by atoms with Gasteiger partial charge in [0, 0.05) is 45.3 Å². The predicted molar refractivity (Wildman–Crippen MR) is 111 cm³/mol. The van der Waals surface area contributed by atoms with E-state index in [1.807, 2.05) is 19.1 Å². The van der Waals surface area contributed by atoms with Crippen molar-refractivity contribution < 1.29 is 9.15 Å². The van der Waals surface area contributed by atoms with Gasteiger partial charge in [0.1, 0.15) is 5.76 Å². The lowest BCUT2D eigenvalue weighted by Crippen LogP contribution is -2.42. The molecule has 6 heteroatoms. The van der Waals surface area contributed by atoms with E-state index in [4.69, 9.17) is 14.1 Å². The molecule has 2 N–H and O–H groups in total. The summed E-state index contributed by atoms with van der Waals surface area (Å²) in [5.74, 6) is 1.89. The molecule has 154 valence electrons. The van der Waals surface area contributed by atoms with Crippen LogP contribution in [0.4, 0.5) is 0 Å². The number of hydrogen-bond acceptors (Lipinski definition) is 4. The Morgan fingerprint density at radius 3 is 2.81 bits per heavy atom. The van der Waals surface area contributed by atoms with Crippen molar-refractivity contribution in [3.63, 3.8) is 0 Å². The van der Waals surface area contributed by atoms with Crippen LogP contribution in [0.1, 0.15) is 51.7 Å². The van der Waals surface area contributed by atoms with Gasteiger partial charge < -0.3 is 24.7 Å². The summed E-state index contributed by atoms with van der Waals surface area (Å²) in [6.07, 6.45) is 8.74. The van der Waals surface area contributed by atoms with Crippen LogP contribution in [-0.2, 0) is 11.2 Å². The highest BCUT2D eigenvalue weighted by Gasteiger charge is 2.16. The zero-order valence-corrected chi connectivity index (χ0v) is 17.2. The first-order chi connectivity index (χ1) is 13.3. The van der Waals surface area contributed by atoms with Crippen LogP contribution in [0.25, 0.3) is 0 Å². The summed E-state index contributed by atoms with van der Waals surface area (Å²) < 4.78 is 10.8. The Kier molecular flexibility index (Phi) is 11.0. The SMILES string of the molecule is CCOCCCN=C(NCCc1ccco1)NCCC(C)N1CCCCC1. The number of aliphatic imine (C=N–C) groups is 1. The average Bonchev–Trinajstić information content (AvgIpc) is 3.21. The Morgan fingerprint density at radius 2 is 2.07 bits per heavy atom. The normalized spacial score (nSPS) is 17.0. The Morgan fingerprint density at radius 1 is 1.26 bits per heavy atom. The Labute approximate surface area is 164 Å². The molecule has 1 aromatic rings. The molecule has 0 amide bonds. The van der Waals surface area contributed by atoms with Gasteiger partial charge in [-0.3, -0.25) is 4.99 Å². The maximum Gasteiger partial charge on any atom is 0.191 e. The second-order valence-corrected chi connectivity index (χ2v) is 7.20. The fourth-order valence-electron chi connectivity index (χ4n) is 3.38. The summed E-state index contributed by atoms with van der Waals surface area (Å²) >= 11 is 0. The summed E-state index contributed by atoms with van der Waals surface area (Å²) in [5, 5.41) is 6.93. The maximum atomic E-state index is 5.40. The summed E-state index contributed by atoms with van der Waals surface area (Å²) in [4.78, 5) is 7.31. The molecule has 2 rings (SSSR count). The molecule has 1 aliphatic rings. The third-order valence-electron chi connectivity index (χ3n) is 5.03. The van der Waals surface area contributed by atoms with Gasteiger partial charge in [-0.2, -0.15) is 0 Å².